The summed E-state index contributed by atoms with van der Waals surface area (Å²) in [5.41, 5.74) is 7.35. The highest BCUT2D eigenvalue weighted by Crippen LogP contribution is 2.21. The lowest BCUT2D eigenvalue weighted by Crippen LogP contribution is -2.37. The van der Waals surface area contributed by atoms with Crippen molar-refractivity contribution in [1.29, 1.82) is 10.5 Å². The first-order chi connectivity index (χ1) is 12.5. The minimum absolute atomic E-state index is 0.0333. The van der Waals surface area contributed by atoms with E-state index in [4.69, 9.17) is 11.0 Å². The highest BCUT2D eigenvalue weighted by molar-refractivity contribution is 7.99. The van der Waals surface area contributed by atoms with Crippen LogP contribution < -0.4 is 10.7 Å². The third-order valence-electron chi connectivity index (χ3n) is 3.79. The molecule has 0 aliphatic rings. The second kappa shape index (κ2) is 8.89. The number of rotatable bonds is 6. The van der Waals surface area contributed by atoms with E-state index in [9.17, 15) is 10.1 Å². The molecule has 1 heterocycles. The Bertz CT molecular complexity index is 868. The lowest BCUT2D eigenvalue weighted by atomic mass is 10.2. The molecule has 1 aromatic carbocycles. The van der Waals surface area contributed by atoms with Gasteiger partial charge >= 0.3 is 0 Å². The van der Waals surface area contributed by atoms with Crippen LogP contribution in [-0.2, 0) is 11.3 Å². The van der Waals surface area contributed by atoms with E-state index in [1.807, 2.05) is 56.3 Å². The van der Waals surface area contributed by atoms with Crippen molar-refractivity contribution in [3.05, 3.63) is 53.1 Å². The van der Waals surface area contributed by atoms with E-state index in [2.05, 4.69) is 4.98 Å². The Hall–Kier alpha value is -3.03. The number of nitrogens with two attached hydrogens (primary N) is 1. The fourth-order valence-electron chi connectivity index (χ4n) is 2.39. The number of aromatic amines is 1. The molecule has 0 saturated heterocycles. The molecule has 0 saturated carbocycles. The number of nitrogens with one attached hydrogen (secondary N) is 1. The van der Waals surface area contributed by atoms with Crippen LogP contribution in [0.3, 0.4) is 0 Å². The van der Waals surface area contributed by atoms with Crippen molar-refractivity contribution in [2.75, 3.05) is 11.5 Å². The Kier molecular flexibility index (Phi) is 6.60. The molecule has 0 spiro atoms. The predicted octanol–water partition coefficient (Wildman–Crippen LogP) is 2.36. The van der Waals surface area contributed by atoms with E-state index < -0.39 is 0 Å². The van der Waals surface area contributed by atoms with Gasteiger partial charge in [-0.05, 0) is 25.5 Å². The van der Waals surface area contributed by atoms with Crippen LogP contribution in [0.2, 0.25) is 0 Å². The first-order valence-corrected chi connectivity index (χ1v) is 9.07. The first kappa shape index (κ1) is 19.3. The number of amides is 1. The summed E-state index contributed by atoms with van der Waals surface area (Å²) < 4.78 is 0. The van der Waals surface area contributed by atoms with Gasteiger partial charge in [-0.2, -0.15) is 10.5 Å². The van der Waals surface area contributed by atoms with Gasteiger partial charge in [0.2, 0.25) is 5.91 Å². The van der Waals surface area contributed by atoms with Crippen molar-refractivity contribution in [3.8, 4) is 12.1 Å². The fourth-order valence-corrected chi connectivity index (χ4v) is 3.27. The number of hydrogen-bond donors (Lipinski definition) is 1. The molecular formula is C19H20N5OS+. The lowest BCUT2D eigenvalue weighted by molar-refractivity contribution is -0.410. The number of nitriles is 2. The molecule has 3 N–H and O–H groups in total. The molecule has 26 heavy (non-hydrogen) atoms. The molecule has 1 amide bonds. The van der Waals surface area contributed by atoms with Gasteiger partial charge in [0.15, 0.2) is 5.03 Å². The number of benzene rings is 1. The van der Waals surface area contributed by atoms with Gasteiger partial charge in [0.25, 0.3) is 5.82 Å². The summed E-state index contributed by atoms with van der Waals surface area (Å²) in [6.45, 7) is 4.47. The van der Waals surface area contributed by atoms with E-state index in [0.29, 0.717) is 17.1 Å². The van der Waals surface area contributed by atoms with Gasteiger partial charge in [-0.1, -0.05) is 42.1 Å². The molecular weight excluding hydrogens is 346 g/mol. The van der Waals surface area contributed by atoms with E-state index in [1.165, 1.54) is 17.8 Å². The summed E-state index contributed by atoms with van der Waals surface area (Å²) in [7, 11) is 0. The number of nitrogen functional groups attached to an aromatic ring is 1. The Morgan fingerprint density at radius 2 is 1.88 bits per heavy atom. The Morgan fingerprint density at radius 3 is 2.46 bits per heavy atom. The highest BCUT2D eigenvalue weighted by atomic mass is 32.2. The van der Waals surface area contributed by atoms with Crippen LogP contribution >= 0.6 is 11.8 Å². The minimum atomic E-state index is -0.0333. The van der Waals surface area contributed by atoms with Crippen LogP contribution in [0.4, 0.5) is 5.82 Å². The molecule has 0 bridgehead atoms. The summed E-state index contributed by atoms with van der Waals surface area (Å²) in [6, 6.07) is 15.2. The first-order valence-electron chi connectivity index (χ1n) is 8.08. The van der Waals surface area contributed by atoms with Gasteiger partial charge in [0, 0.05) is 12.6 Å². The van der Waals surface area contributed by atoms with Gasteiger partial charge in [-0.25, -0.2) is 4.98 Å². The fraction of sp³-hybridized carbons (Fsp3) is 0.263. The number of nitrogens with zero attached hydrogens (tertiary/aromatic N) is 3. The number of carbonyl (C=O) groups is 1. The molecule has 0 fully saturated rings. The monoisotopic (exact) mass is 366 g/mol. The van der Waals surface area contributed by atoms with Gasteiger partial charge in [0.1, 0.15) is 23.3 Å². The number of thioether (sulfide) groups is 1. The van der Waals surface area contributed by atoms with Crippen LogP contribution in [0.1, 0.15) is 30.5 Å². The SMILES string of the molecule is CC(C)N(Cc1ccccc1)C(=O)CSc1[nH+]c(N)c(C#N)cc1C#N. The number of hydrogen-bond acceptors (Lipinski definition) is 5. The number of pyridine rings is 1. The third-order valence-corrected chi connectivity index (χ3v) is 4.79. The molecule has 2 rings (SSSR count). The molecule has 132 valence electrons. The van der Waals surface area contributed by atoms with E-state index in [0.717, 1.165) is 5.56 Å². The van der Waals surface area contributed by atoms with Gasteiger partial charge < -0.3 is 4.90 Å². The summed E-state index contributed by atoms with van der Waals surface area (Å²) >= 11 is 1.21. The Balaban J connectivity index is 2.12. The summed E-state index contributed by atoms with van der Waals surface area (Å²) in [5, 5.41) is 18.7. The molecule has 7 heteroatoms. The zero-order valence-electron chi connectivity index (χ0n) is 14.7. The van der Waals surface area contributed by atoms with Crippen molar-refractivity contribution in [3.63, 3.8) is 0 Å². The van der Waals surface area contributed by atoms with Crippen LogP contribution in [0.15, 0.2) is 41.4 Å². The molecule has 6 nitrogen and oxygen atoms in total. The molecule has 0 aliphatic heterocycles. The maximum absolute atomic E-state index is 12.7. The summed E-state index contributed by atoms with van der Waals surface area (Å²) in [5.74, 6) is 0.321. The van der Waals surface area contributed by atoms with E-state index >= 15 is 0 Å². The summed E-state index contributed by atoms with van der Waals surface area (Å²) in [4.78, 5) is 17.3. The van der Waals surface area contributed by atoms with E-state index in [1.54, 1.807) is 4.90 Å². The zero-order chi connectivity index (χ0) is 19.1. The number of anilines is 1. The Labute approximate surface area is 157 Å². The zero-order valence-corrected chi connectivity index (χ0v) is 15.5. The average molecular weight is 366 g/mol. The third kappa shape index (κ3) is 4.75. The second-order valence-corrected chi connectivity index (χ2v) is 6.94. The van der Waals surface area contributed by atoms with Crippen molar-refractivity contribution in [2.45, 2.75) is 31.5 Å². The van der Waals surface area contributed by atoms with Crippen LogP contribution in [0.25, 0.3) is 0 Å². The predicted molar refractivity (Wildman–Crippen MR) is 99.7 cm³/mol. The quantitative estimate of drug-likeness (QED) is 0.790. The largest absolute Gasteiger partial charge is 0.335 e. The molecule has 0 radical (unpaired) electrons. The van der Waals surface area contributed by atoms with Crippen molar-refractivity contribution < 1.29 is 9.78 Å². The Morgan fingerprint density at radius 1 is 1.23 bits per heavy atom. The average Bonchev–Trinajstić information content (AvgIpc) is 2.64. The molecule has 0 aliphatic carbocycles. The van der Waals surface area contributed by atoms with Crippen LogP contribution in [0, 0.1) is 22.7 Å². The number of aromatic nitrogens is 1. The second-order valence-electron chi connectivity index (χ2n) is 5.95. The molecule has 0 unspecified atom stereocenters. The number of H-pyrrole nitrogens is 1. The van der Waals surface area contributed by atoms with Gasteiger partial charge in [-0.3, -0.25) is 10.5 Å². The standard InChI is InChI=1S/C19H19N5OS/c1-13(2)24(11-14-6-4-3-5-7-14)17(25)12-26-19-16(10-21)8-15(9-20)18(22)23-19/h3-8,13H,11-12H2,1-2H3,(H2,22,23)/p+1. The maximum Gasteiger partial charge on any atom is 0.289 e. The topological polar surface area (TPSA) is 108 Å². The van der Waals surface area contributed by atoms with E-state index in [-0.39, 0.29) is 29.1 Å². The van der Waals surface area contributed by atoms with Crippen LogP contribution in [0.5, 0.6) is 0 Å². The maximum atomic E-state index is 12.7. The molecule has 1 aromatic heterocycles. The minimum Gasteiger partial charge on any atom is -0.335 e. The highest BCUT2D eigenvalue weighted by Gasteiger charge is 2.20. The molecule has 2 aromatic rings. The van der Waals surface area contributed by atoms with Crippen molar-refractivity contribution in [1.82, 2.24) is 4.90 Å². The van der Waals surface area contributed by atoms with Crippen molar-refractivity contribution >= 4 is 23.5 Å². The van der Waals surface area contributed by atoms with Crippen LogP contribution in [-0.4, -0.2) is 22.6 Å². The normalized spacial score (nSPS) is 10.2. The molecule has 0 atom stereocenters. The smallest absolute Gasteiger partial charge is 0.289 e. The summed E-state index contributed by atoms with van der Waals surface area (Å²) in [6.07, 6.45) is 0. The van der Waals surface area contributed by atoms with Gasteiger partial charge in [-0.15, -0.1) is 0 Å². The van der Waals surface area contributed by atoms with Gasteiger partial charge in [0.05, 0.1) is 5.75 Å². The van der Waals surface area contributed by atoms with Crippen molar-refractivity contribution in [2.24, 2.45) is 0 Å². The lowest BCUT2D eigenvalue weighted by Gasteiger charge is -2.26. The number of carbonyl (C=O) groups excluding carboxylic acids is 1.